The molecule has 10 heteroatoms. The molecule has 2 aromatic carbocycles. The standard InChI is InChI=1S/C28H24F3N5O2.CH4/c1-35-13-21-11-20(35)14-36(21)27(37)18-5-3-4-17(8-18)25-22-9-16(6-7-24(22)33-15-34-25)19-10-23(28(29,30)31)26(38-2)32-12-19;/h3-10,12,15,20-21H,11,13-14H2,1-2H3;1H4/t20-,21-;/m0./s1. The van der Waals surface area contributed by atoms with Crippen molar-refractivity contribution in [1.82, 2.24) is 24.8 Å². The monoisotopic (exact) mass is 535 g/mol. The van der Waals surface area contributed by atoms with E-state index in [1.807, 2.05) is 23.1 Å². The molecule has 0 spiro atoms. The summed E-state index contributed by atoms with van der Waals surface area (Å²) < 4.78 is 45.6. The molecule has 2 aliphatic heterocycles. The van der Waals surface area contributed by atoms with Crippen LogP contribution in [0.15, 0.2) is 61.1 Å². The molecule has 4 aromatic rings. The maximum Gasteiger partial charge on any atom is 0.421 e. The molecule has 0 unspecified atom stereocenters. The number of likely N-dealkylation sites (N-methyl/N-ethyl adjacent to an activating group) is 1. The Hall–Kier alpha value is -4.05. The Labute approximate surface area is 224 Å². The largest absolute Gasteiger partial charge is 0.481 e. The molecule has 2 aromatic heterocycles. The van der Waals surface area contributed by atoms with Crippen molar-refractivity contribution in [2.24, 2.45) is 0 Å². The van der Waals surface area contributed by atoms with Gasteiger partial charge >= 0.3 is 6.18 Å². The third kappa shape index (κ3) is 4.69. The molecule has 7 nitrogen and oxygen atoms in total. The number of fused-ring (bicyclic) bond motifs is 3. The van der Waals surface area contributed by atoms with E-state index in [-0.39, 0.29) is 24.9 Å². The number of alkyl halides is 3. The molecule has 1 amide bonds. The summed E-state index contributed by atoms with van der Waals surface area (Å²) in [5.41, 5.74) is 2.39. The highest BCUT2D eigenvalue weighted by molar-refractivity contribution is 5.99. The fourth-order valence-electron chi connectivity index (χ4n) is 5.52. The first-order valence-electron chi connectivity index (χ1n) is 12.2. The summed E-state index contributed by atoms with van der Waals surface area (Å²) in [5, 5.41) is 0.654. The van der Waals surface area contributed by atoms with Gasteiger partial charge in [0.05, 0.1) is 18.3 Å². The van der Waals surface area contributed by atoms with Crippen LogP contribution in [-0.4, -0.2) is 70.0 Å². The molecule has 0 N–H and O–H groups in total. The van der Waals surface area contributed by atoms with Crippen LogP contribution >= 0.6 is 0 Å². The number of halogens is 3. The lowest BCUT2D eigenvalue weighted by Gasteiger charge is -2.32. The maximum atomic E-state index is 13.6. The molecule has 2 bridgehead atoms. The fraction of sp³-hybridized carbons (Fsp3) is 0.310. The third-order valence-electron chi connectivity index (χ3n) is 7.48. The Morgan fingerprint density at radius 3 is 2.49 bits per heavy atom. The molecule has 2 atom stereocenters. The summed E-state index contributed by atoms with van der Waals surface area (Å²) in [7, 11) is 3.25. The quantitative estimate of drug-likeness (QED) is 0.341. The number of carbonyl (C=O) groups is 1. The van der Waals surface area contributed by atoms with Gasteiger partial charge in [0, 0.05) is 53.4 Å². The average molecular weight is 536 g/mol. The van der Waals surface area contributed by atoms with Crippen LogP contribution in [0.1, 0.15) is 29.8 Å². The van der Waals surface area contributed by atoms with E-state index in [4.69, 9.17) is 4.74 Å². The minimum Gasteiger partial charge on any atom is -0.481 e. The summed E-state index contributed by atoms with van der Waals surface area (Å²) in [6, 6.07) is 14.2. The van der Waals surface area contributed by atoms with Gasteiger partial charge < -0.3 is 9.64 Å². The Morgan fingerprint density at radius 2 is 1.79 bits per heavy atom. The van der Waals surface area contributed by atoms with E-state index < -0.39 is 17.6 Å². The summed E-state index contributed by atoms with van der Waals surface area (Å²) in [6.07, 6.45) is -0.828. The van der Waals surface area contributed by atoms with Crippen molar-refractivity contribution in [2.75, 3.05) is 27.2 Å². The first kappa shape index (κ1) is 26.6. The van der Waals surface area contributed by atoms with Crippen molar-refractivity contribution in [3.63, 3.8) is 0 Å². The Morgan fingerprint density at radius 1 is 0.974 bits per heavy atom. The number of pyridine rings is 1. The van der Waals surface area contributed by atoms with Gasteiger partial charge in [0.15, 0.2) is 0 Å². The Bertz CT molecular complexity index is 1560. The summed E-state index contributed by atoms with van der Waals surface area (Å²) in [4.78, 5) is 30.3. The normalized spacial score (nSPS) is 18.8. The number of rotatable bonds is 4. The summed E-state index contributed by atoms with van der Waals surface area (Å²) in [5.74, 6) is -0.485. The van der Waals surface area contributed by atoms with Gasteiger partial charge in [-0.25, -0.2) is 15.0 Å². The van der Waals surface area contributed by atoms with Gasteiger partial charge in [-0.1, -0.05) is 25.6 Å². The zero-order valence-electron chi connectivity index (χ0n) is 20.7. The van der Waals surface area contributed by atoms with Crippen LogP contribution in [0.25, 0.3) is 33.3 Å². The molecular weight excluding hydrogens is 507 g/mol. The highest BCUT2D eigenvalue weighted by atomic mass is 19.4. The maximum absolute atomic E-state index is 13.6. The van der Waals surface area contributed by atoms with E-state index in [0.717, 1.165) is 38.2 Å². The minimum absolute atomic E-state index is 0. The molecular formula is C29H28F3N5O2. The highest BCUT2D eigenvalue weighted by Crippen LogP contribution is 2.38. The van der Waals surface area contributed by atoms with Gasteiger partial charge in [-0.15, -0.1) is 0 Å². The number of nitrogens with zero attached hydrogens (tertiary/aromatic N) is 5. The van der Waals surface area contributed by atoms with Crippen LogP contribution in [-0.2, 0) is 6.18 Å². The second kappa shape index (κ2) is 9.92. The molecule has 0 saturated carbocycles. The van der Waals surface area contributed by atoms with E-state index >= 15 is 0 Å². The van der Waals surface area contributed by atoms with Crippen molar-refractivity contribution in [3.8, 4) is 28.3 Å². The lowest BCUT2D eigenvalue weighted by Crippen LogP contribution is -2.47. The van der Waals surface area contributed by atoms with Crippen molar-refractivity contribution in [3.05, 3.63) is 72.2 Å². The van der Waals surface area contributed by atoms with E-state index in [2.05, 4.69) is 26.9 Å². The SMILES string of the molecule is C.COc1ncc(-c2ccc3ncnc(-c4cccc(C(=O)N5C[C@@H]6C[C@H]5CN6C)c4)c3c2)cc1C(F)(F)F. The number of benzene rings is 2. The van der Waals surface area contributed by atoms with Gasteiger partial charge in [-0.3, -0.25) is 9.69 Å². The fourth-order valence-corrected chi connectivity index (χ4v) is 5.52. The number of hydrogen-bond donors (Lipinski definition) is 0. The van der Waals surface area contributed by atoms with Crippen LogP contribution in [0.4, 0.5) is 13.2 Å². The lowest BCUT2D eigenvalue weighted by atomic mass is 9.99. The minimum atomic E-state index is -4.61. The van der Waals surface area contributed by atoms with Crippen LogP contribution < -0.4 is 4.74 Å². The molecule has 2 aliphatic rings. The van der Waals surface area contributed by atoms with E-state index in [1.165, 1.54) is 12.5 Å². The first-order valence-corrected chi connectivity index (χ1v) is 12.2. The molecule has 202 valence electrons. The molecule has 0 radical (unpaired) electrons. The summed E-state index contributed by atoms with van der Waals surface area (Å²) in [6.45, 7) is 1.60. The second-order valence-electron chi connectivity index (χ2n) is 9.75. The highest BCUT2D eigenvalue weighted by Gasteiger charge is 2.43. The number of likely N-dealkylation sites (tertiary alicyclic amines) is 2. The van der Waals surface area contributed by atoms with E-state index in [0.29, 0.717) is 33.8 Å². The predicted molar refractivity (Wildman–Crippen MR) is 142 cm³/mol. The molecule has 6 rings (SSSR count). The molecule has 0 aliphatic carbocycles. The van der Waals surface area contributed by atoms with Crippen molar-refractivity contribution >= 4 is 16.8 Å². The zero-order valence-corrected chi connectivity index (χ0v) is 20.7. The van der Waals surface area contributed by atoms with E-state index in [1.54, 1.807) is 24.3 Å². The Kier molecular flexibility index (Phi) is 6.76. The third-order valence-corrected chi connectivity index (χ3v) is 7.48. The van der Waals surface area contributed by atoms with Gasteiger partial charge in [0.1, 0.15) is 11.9 Å². The number of carbonyl (C=O) groups excluding carboxylic acids is 1. The number of hydrogen-bond acceptors (Lipinski definition) is 6. The van der Waals surface area contributed by atoms with Gasteiger partial charge in [0.2, 0.25) is 5.88 Å². The Balaban J connectivity index is 0.00000308. The van der Waals surface area contributed by atoms with E-state index in [9.17, 15) is 18.0 Å². The predicted octanol–water partition coefficient (Wildman–Crippen LogP) is 5.55. The van der Waals surface area contributed by atoms with Crippen molar-refractivity contribution in [1.29, 1.82) is 0 Å². The van der Waals surface area contributed by atoms with Gasteiger partial charge in [0.25, 0.3) is 5.91 Å². The van der Waals surface area contributed by atoms with Crippen LogP contribution in [0, 0.1) is 0 Å². The zero-order chi connectivity index (χ0) is 26.6. The summed E-state index contributed by atoms with van der Waals surface area (Å²) >= 11 is 0. The average Bonchev–Trinajstić information content (AvgIpc) is 3.51. The topological polar surface area (TPSA) is 71.4 Å². The molecule has 4 heterocycles. The molecule has 2 fully saturated rings. The molecule has 2 saturated heterocycles. The smallest absolute Gasteiger partial charge is 0.421 e. The molecule has 39 heavy (non-hydrogen) atoms. The van der Waals surface area contributed by atoms with Crippen LogP contribution in [0.3, 0.4) is 0 Å². The number of piperazine rings is 1. The number of aromatic nitrogens is 3. The van der Waals surface area contributed by atoms with Gasteiger partial charge in [-0.05, 0) is 49.4 Å². The van der Waals surface area contributed by atoms with Gasteiger partial charge in [-0.2, -0.15) is 13.2 Å². The second-order valence-corrected chi connectivity index (χ2v) is 9.75. The van der Waals surface area contributed by atoms with Crippen molar-refractivity contribution < 1.29 is 22.7 Å². The number of methoxy groups -OCH3 is 1. The van der Waals surface area contributed by atoms with Crippen LogP contribution in [0.2, 0.25) is 0 Å². The first-order chi connectivity index (χ1) is 18.2. The lowest BCUT2D eigenvalue weighted by molar-refractivity contribution is -0.139. The van der Waals surface area contributed by atoms with Crippen LogP contribution in [0.5, 0.6) is 5.88 Å². The van der Waals surface area contributed by atoms with Crippen molar-refractivity contribution in [2.45, 2.75) is 32.1 Å². The number of ether oxygens (including phenoxy) is 1. The number of amides is 1.